The molecule has 1 aromatic heterocycles. The molecule has 0 spiro atoms. The Kier molecular flexibility index (Phi) is 11.3. The van der Waals surface area contributed by atoms with Crippen LogP contribution in [0.5, 0.6) is 5.75 Å². The summed E-state index contributed by atoms with van der Waals surface area (Å²) in [4.78, 5) is 40.9. The van der Waals surface area contributed by atoms with Crippen LogP contribution in [-0.2, 0) is 9.53 Å². The Balaban J connectivity index is 1.11. The number of ether oxygens (including phenoxy) is 2. The van der Waals surface area contributed by atoms with Gasteiger partial charge in [-0.2, -0.15) is 5.10 Å². The topological polar surface area (TPSA) is 126 Å². The molecule has 268 valence electrons. The van der Waals surface area contributed by atoms with Crippen LogP contribution in [0.1, 0.15) is 87.3 Å². The van der Waals surface area contributed by atoms with E-state index < -0.39 is 12.2 Å². The highest BCUT2D eigenvalue weighted by atomic mass is 16.6. The lowest BCUT2D eigenvalue weighted by Crippen LogP contribution is -2.42. The maximum absolute atomic E-state index is 14.4. The Morgan fingerprint density at radius 2 is 1.72 bits per heavy atom. The molecule has 0 unspecified atom stereocenters. The summed E-state index contributed by atoms with van der Waals surface area (Å²) in [5.74, 6) is 1.82. The van der Waals surface area contributed by atoms with Crippen LogP contribution in [0.4, 0.5) is 15.3 Å². The van der Waals surface area contributed by atoms with E-state index >= 15 is 0 Å². The zero-order chi connectivity index (χ0) is 35.2. The number of rotatable bonds is 12. The van der Waals surface area contributed by atoms with E-state index in [2.05, 4.69) is 64.6 Å². The number of carboxylic acid groups (broad SMARTS) is 1. The van der Waals surface area contributed by atoms with Gasteiger partial charge in [0.15, 0.2) is 0 Å². The normalized spacial score (nSPS) is 22.0. The Labute approximate surface area is 294 Å². The lowest BCUT2D eigenvalue weighted by atomic mass is 9.78. The summed E-state index contributed by atoms with van der Waals surface area (Å²) in [5, 5.41) is 16.2. The SMILES string of the molecule is COc1ccc(C2CCC(CN(C(=O)C3CCC(OC(=O)NCCN(C)C(=O)O)CC3)c3cccc(-c4cnn(C5CC5)c4)c3)CC2)cc1C. The van der Waals surface area contributed by atoms with Gasteiger partial charge in [-0.15, -0.1) is 0 Å². The summed E-state index contributed by atoms with van der Waals surface area (Å²) in [6, 6.07) is 15.4. The van der Waals surface area contributed by atoms with Crippen LogP contribution in [0.3, 0.4) is 0 Å². The molecular weight excluding hydrogens is 634 g/mol. The molecule has 3 saturated carbocycles. The van der Waals surface area contributed by atoms with Crippen LogP contribution in [0.15, 0.2) is 54.9 Å². The van der Waals surface area contributed by atoms with Crippen LogP contribution in [0, 0.1) is 18.8 Å². The summed E-state index contributed by atoms with van der Waals surface area (Å²) in [6.45, 7) is 3.13. The maximum Gasteiger partial charge on any atom is 0.407 e. The molecule has 0 aliphatic heterocycles. The third kappa shape index (κ3) is 8.78. The van der Waals surface area contributed by atoms with Gasteiger partial charge in [0.1, 0.15) is 11.9 Å². The molecule has 50 heavy (non-hydrogen) atoms. The Hall–Kier alpha value is -4.54. The van der Waals surface area contributed by atoms with Crippen molar-refractivity contribution >= 4 is 23.8 Å². The van der Waals surface area contributed by atoms with Crippen molar-refractivity contribution < 1.29 is 29.0 Å². The zero-order valence-electron chi connectivity index (χ0n) is 29.6. The quantitative estimate of drug-likeness (QED) is 0.203. The minimum absolute atomic E-state index is 0.142. The van der Waals surface area contributed by atoms with Crippen LogP contribution in [0.25, 0.3) is 11.1 Å². The molecule has 1 heterocycles. The van der Waals surface area contributed by atoms with Crippen molar-refractivity contribution in [1.82, 2.24) is 20.0 Å². The fourth-order valence-corrected chi connectivity index (χ4v) is 7.56. The number of aryl methyl sites for hydroxylation is 1. The standard InChI is InChI=1S/C39H51N5O6/c1-26-21-31(13-18-36(26)49-3)28-9-7-27(8-10-28)24-43(34-6-4-5-30(22-34)32-23-41-44(25-32)33-14-15-33)37(45)29-11-16-35(17-12-29)50-38(46)40-19-20-42(2)39(47)48/h4-6,13,18,21-23,25,27-29,33,35H,7-12,14-17,19-20,24H2,1-3H3,(H,40,46)(H,47,48). The molecule has 3 aromatic rings. The van der Waals surface area contributed by atoms with Crippen molar-refractivity contribution in [1.29, 1.82) is 0 Å². The monoisotopic (exact) mass is 685 g/mol. The van der Waals surface area contributed by atoms with E-state index in [1.807, 2.05) is 17.2 Å². The Morgan fingerprint density at radius 1 is 0.960 bits per heavy atom. The molecule has 3 amide bonds. The molecule has 11 heteroatoms. The molecule has 6 rings (SSSR count). The van der Waals surface area contributed by atoms with Gasteiger partial charge in [-0.3, -0.25) is 9.48 Å². The average molecular weight is 686 g/mol. The number of nitrogens with one attached hydrogen (secondary N) is 1. The van der Waals surface area contributed by atoms with E-state index in [4.69, 9.17) is 14.6 Å². The van der Waals surface area contributed by atoms with Crippen molar-refractivity contribution in [2.24, 2.45) is 11.8 Å². The maximum atomic E-state index is 14.4. The number of aromatic nitrogens is 2. The van der Waals surface area contributed by atoms with Gasteiger partial charge in [-0.25, -0.2) is 9.59 Å². The number of carbonyl (C=O) groups excluding carboxylic acids is 2. The molecule has 3 aliphatic carbocycles. The number of alkyl carbamates (subject to hydrolysis) is 1. The third-order valence-electron chi connectivity index (χ3n) is 10.8. The molecule has 2 aromatic carbocycles. The number of benzene rings is 2. The first-order valence-electron chi connectivity index (χ1n) is 18.2. The Morgan fingerprint density at radius 3 is 2.40 bits per heavy atom. The van der Waals surface area contributed by atoms with E-state index in [-0.39, 0.29) is 31.0 Å². The fourth-order valence-electron chi connectivity index (χ4n) is 7.56. The highest BCUT2D eigenvalue weighted by Crippen LogP contribution is 2.40. The predicted octanol–water partition coefficient (Wildman–Crippen LogP) is 7.40. The van der Waals surface area contributed by atoms with Crippen LogP contribution < -0.4 is 15.0 Å². The van der Waals surface area contributed by atoms with Crippen molar-refractivity contribution in [3.05, 3.63) is 66.0 Å². The second-order valence-corrected chi connectivity index (χ2v) is 14.4. The first-order valence-corrected chi connectivity index (χ1v) is 18.2. The molecular formula is C39H51N5O6. The molecule has 3 fully saturated rings. The summed E-state index contributed by atoms with van der Waals surface area (Å²) in [6.07, 6.45) is 11.3. The van der Waals surface area contributed by atoms with Gasteiger partial charge < -0.3 is 29.7 Å². The van der Waals surface area contributed by atoms with Crippen LogP contribution in [-0.4, -0.2) is 77.8 Å². The van der Waals surface area contributed by atoms with Crippen molar-refractivity contribution in [2.45, 2.75) is 89.2 Å². The third-order valence-corrected chi connectivity index (χ3v) is 10.8. The van der Waals surface area contributed by atoms with E-state index in [0.717, 1.165) is 58.7 Å². The zero-order valence-corrected chi connectivity index (χ0v) is 29.6. The number of nitrogens with zero attached hydrogens (tertiary/aromatic N) is 4. The predicted molar refractivity (Wildman–Crippen MR) is 192 cm³/mol. The molecule has 0 radical (unpaired) electrons. The molecule has 2 N–H and O–H groups in total. The number of hydrogen-bond donors (Lipinski definition) is 2. The van der Waals surface area contributed by atoms with E-state index in [1.165, 1.54) is 25.5 Å². The van der Waals surface area contributed by atoms with Gasteiger partial charge in [-0.05, 0) is 118 Å². The second kappa shape index (κ2) is 16.0. The largest absolute Gasteiger partial charge is 0.496 e. The minimum atomic E-state index is -1.05. The molecule has 0 bridgehead atoms. The van der Waals surface area contributed by atoms with Gasteiger partial charge in [0.05, 0.1) is 19.3 Å². The number of methoxy groups -OCH3 is 1. The van der Waals surface area contributed by atoms with Crippen LogP contribution in [0.2, 0.25) is 0 Å². The average Bonchev–Trinajstić information content (AvgIpc) is 3.86. The lowest BCUT2D eigenvalue weighted by Gasteiger charge is -2.36. The van der Waals surface area contributed by atoms with Gasteiger partial charge in [0.25, 0.3) is 0 Å². The van der Waals surface area contributed by atoms with Crippen molar-refractivity contribution in [3.8, 4) is 16.9 Å². The van der Waals surface area contributed by atoms with Gasteiger partial charge in [0, 0.05) is 50.0 Å². The summed E-state index contributed by atoms with van der Waals surface area (Å²) >= 11 is 0. The van der Waals surface area contributed by atoms with E-state index in [0.29, 0.717) is 50.1 Å². The van der Waals surface area contributed by atoms with Crippen molar-refractivity contribution in [3.63, 3.8) is 0 Å². The van der Waals surface area contributed by atoms with Crippen molar-refractivity contribution in [2.75, 3.05) is 38.7 Å². The number of amides is 3. The molecule has 0 saturated heterocycles. The number of anilines is 1. The summed E-state index contributed by atoms with van der Waals surface area (Å²) < 4.78 is 13.2. The summed E-state index contributed by atoms with van der Waals surface area (Å²) in [7, 11) is 3.16. The number of hydrogen-bond acceptors (Lipinski definition) is 6. The highest BCUT2D eigenvalue weighted by molar-refractivity contribution is 5.95. The van der Waals surface area contributed by atoms with Gasteiger partial charge in [-0.1, -0.05) is 24.3 Å². The Bertz CT molecular complexity index is 1640. The van der Waals surface area contributed by atoms with Gasteiger partial charge >= 0.3 is 12.2 Å². The minimum Gasteiger partial charge on any atom is -0.496 e. The first-order chi connectivity index (χ1) is 24.2. The highest BCUT2D eigenvalue weighted by Gasteiger charge is 2.34. The molecule has 3 aliphatic rings. The van der Waals surface area contributed by atoms with E-state index in [1.54, 1.807) is 7.11 Å². The number of likely N-dealkylation sites (N-methyl/N-ethyl adjacent to an activating group) is 1. The summed E-state index contributed by atoms with van der Waals surface area (Å²) in [5.41, 5.74) is 5.57. The lowest BCUT2D eigenvalue weighted by molar-refractivity contribution is -0.124. The van der Waals surface area contributed by atoms with Crippen LogP contribution >= 0.6 is 0 Å². The second-order valence-electron chi connectivity index (χ2n) is 14.4. The molecule has 11 nitrogen and oxygen atoms in total. The molecule has 0 atom stereocenters. The van der Waals surface area contributed by atoms with Gasteiger partial charge in [0.2, 0.25) is 5.91 Å². The number of carbonyl (C=O) groups is 3. The smallest absolute Gasteiger partial charge is 0.407 e. The van der Waals surface area contributed by atoms with E-state index in [9.17, 15) is 14.4 Å². The first kappa shape index (κ1) is 35.3. The fraction of sp³-hybridized carbons (Fsp3) is 0.538.